The lowest BCUT2D eigenvalue weighted by atomic mass is 10.2. The second kappa shape index (κ2) is 13.1. The highest BCUT2D eigenvalue weighted by Crippen LogP contribution is 2.43. The quantitative estimate of drug-likeness (QED) is 0.163. The number of sulfone groups is 1. The fraction of sp³-hybridized carbons (Fsp3) is 0.360. The molecule has 3 aromatic rings. The van der Waals surface area contributed by atoms with Crippen LogP contribution in [0.2, 0.25) is 0 Å². The van der Waals surface area contributed by atoms with Crippen molar-refractivity contribution in [3.05, 3.63) is 60.3 Å². The summed E-state index contributed by atoms with van der Waals surface area (Å²) in [7, 11) is -6.21. The van der Waals surface area contributed by atoms with Crippen LogP contribution in [0.1, 0.15) is 30.6 Å². The highest BCUT2D eigenvalue weighted by Gasteiger charge is 2.18. The van der Waals surface area contributed by atoms with Gasteiger partial charge in [0.05, 0.1) is 18.1 Å². The Labute approximate surface area is 222 Å². The Morgan fingerprint density at radius 3 is 2.42 bits per heavy atom. The summed E-state index contributed by atoms with van der Waals surface area (Å²) >= 11 is 0. The number of rotatable bonds is 14. The maximum absolute atomic E-state index is 13.1. The van der Waals surface area contributed by atoms with Crippen molar-refractivity contribution in [2.75, 3.05) is 38.2 Å². The Morgan fingerprint density at radius 2 is 1.76 bits per heavy atom. The molecule has 1 heterocycles. The van der Waals surface area contributed by atoms with Crippen LogP contribution in [0, 0.1) is 0 Å². The van der Waals surface area contributed by atoms with Gasteiger partial charge >= 0.3 is 0 Å². The number of hydrogen-bond donors (Lipinski definition) is 1. The minimum absolute atomic E-state index is 0.0112. The van der Waals surface area contributed by atoms with Gasteiger partial charge in [-0.15, -0.1) is 0 Å². The molecule has 11 nitrogen and oxygen atoms in total. The van der Waals surface area contributed by atoms with E-state index in [1.807, 2.05) is 6.92 Å². The summed E-state index contributed by atoms with van der Waals surface area (Å²) in [5.74, 6) is 0.801. The van der Waals surface area contributed by atoms with E-state index in [0.29, 0.717) is 30.5 Å². The second-order valence-corrected chi connectivity index (χ2v) is 13.1. The number of carbonyl (C=O) groups excluding carboxylic acids is 1. The van der Waals surface area contributed by atoms with Crippen LogP contribution >= 0.6 is 7.37 Å². The van der Waals surface area contributed by atoms with Gasteiger partial charge < -0.3 is 24.1 Å². The van der Waals surface area contributed by atoms with Crippen molar-refractivity contribution in [1.82, 2.24) is 9.78 Å². The van der Waals surface area contributed by atoms with Gasteiger partial charge in [-0.25, -0.2) is 8.42 Å². The maximum atomic E-state index is 13.1. The van der Waals surface area contributed by atoms with E-state index >= 15 is 0 Å². The molecule has 0 bridgehead atoms. The van der Waals surface area contributed by atoms with Gasteiger partial charge in [0.25, 0.3) is 5.91 Å². The minimum Gasteiger partial charge on any atom is -0.467 e. The predicted molar refractivity (Wildman–Crippen MR) is 143 cm³/mol. The highest BCUT2D eigenvalue weighted by atomic mass is 32.2. The Bertz CT molecular complexity index is 1390. The van der Waals surface area contributed by atoms with E-state index in [4.69, 9.17) is 18.7 Å². The van der Waals surface area contributed by atoms with Crippen molar-refractivity contribution in [3.63, 3.8) is 0 Å². The summed E-state index contributed by atoms with van der Waals surface area (Å²) in [6.45, 7) is 6.11. The molecule has 0 saturated heterocycles. The van der Waals surface area contributed by atoms with Gasteiger partial charge in [0, 0.05) is 36.8 Å². The number of aromatic nitrogens is 2. The number of benzene rings is 2. The van der Waals surface area contributed by atoms with E-state index in [1.165, 1.54) is 47.7 Å². The summed E-state index contributed by atoms with van der Waals surface area (Å²) in [5, 5.41) is 6.96. The Hall–Kier alpha value is -3.18. The molecule has 0 saturated carbocycles. The van der Waals surface area contributed by atoms with Crippen molar-refractivity contribution in [2.45, 2.75) is 31.4 Å². The Kier molecular flexibility index (Phi) is 10.1. The molecule has 0 unspecified atom stereocenters. The number of ether oxygens (including phenoxy) is 3. The first kappa shape index (κ1) is 29.4. The average Bonchev–Trinajstić information content (AvgIpc) is 3.27. The van der Waals surface area contributed by atoms with Crippen LogP contribution < -0.4 is 14.8 Å². The maximum Gasteiger partial charge on any atom is 0.257 e. The van der Waals surface area contributed by atoms with Crippen molar-refractivity contribution < 1.29 is 36.5 Å². The third-order valence-electron chi connectivity index (χ3n) is 4.97. The van der Waals surface area contributed by atoms with Crippen LogP contribution in [0.4, 0.5) is 5.82 Å². The first-order chi connectivity index (χ1) is 18.0. The van der Waals surface area contributed by atoms with Crippen LogP contribution in [0.3, 0.4) is 0 Å². The van der Waals surface area contributed by atoms with E-state index in [2.05, 4.69) is 10.4 Å². The first-order valence-corrected chi connectivity index (χ1v) is 16.0. The zero-order valence-electron chi connectivity index (χ0n) is 21.7. The van der Waals surface area contributed by atoms with Gasteiger partial charge in [-0.2, -0.15) is 5.10 Å². The average molecular weight is 566 g/mol. The standard InChI is InChI=1S/C25H32N3O8PS/c1-5-13-33-18-34-21-14-19(15-22(16-21)36-20-7-9-23(10-8-20)38(4,31)32)25(29)26-24-11-12-28(27-24)17-37(3,30)35-6-2/h7-12,14-16H,5-6,13,17-18H2,1-4H3,(H,26,27,29)/t37-/m1/s1. The van der Waals surface area contributed by atoms with Crippen molar-refractivity contribution >= 4 is 28.9 Å². The van der Waals surface area contributed by atoms with E-state index in [0.717, 1.165) is 12.7 Å². The molecule has 0 aliphatic rings. The zero-order chi connectivity index (χ0) is 27.8. The summed E-state index contributed by atoms with van der Waals surface area (Å²) in [6, 6.07) is 12.2. The van der Waals surface area contributed by atoms with E-state index in [-0.39, 0.29) is 29.4 Å². The summed E-state index contributed by atoms with van der Waals surface area (Å²) in [4.78, 5) is 13.2. The number of carbonyl (C=O) groups is 1. The monoisotopic (exact) mass is 565 g/mol. The molecule has 13 heteroatoms. The van der Waals surface area contributed by atoms with Gasteiger partial charge in [0.1, 0.15) is 23.5 Å². The van der Waals surface area contributed by atoms with Gasteiger partial charge in [0.2, 0.25) is 7.37 Å². The number of nitrogens with one attached hydrogen (secondary N) is 1. The van der Waals surface area contributed by atoms with Crippen LogP contribution in [0.15, 0.2) is 59.6 Å². The molecule has 1 atom stereocenters. The largest absolute Gasteiger partial charge is 0.467 e. The van der Waals surface area contributed by atoms with Crippen LogP contribution in [0.5, 0.6) is 17.2 Å². The molecule has 1 aromatic heterocycles. The molecule has 1 amide bonds. The van der Waals surface area contributed by atoms with Gasteiger partial charge in [-0.05, 0) is 49.7 Å². The summed E-state index contributed by atoms with van der Waals surface area (Å²) in [6.07, 6.45) is 3.63. The highest BCUT2D eigenvalue weighted by molar-refractivity contribution is 7.90. The number of anilines is 1. The lowest BCUT2D eigenvalue weighted by Gasteiger charge is -2.13. The number of amides is 1. The van der Waals surface area contributed by atoms with E-state index in [1.54, 1.807) is 25.3 Å². The fourth-order valence-electron chi connectivity index (χ4n) is 3.32. The van der Waals surface area contributed by atoms with Gasteiger partial charge in [-0.1, -0.05) is 6.92 Å². The normalized spacial score (nSPS) is 13.1. The number of nitrogens with zero attached hydrogens (tertiary/aromatic N) is 2. The van der Waals surface area contributed by atoms with Crippen LogP contribution in [-0.2, 0) is 29.9 Å². The lowest BCUT2D eigenvalue weighted by molar-refractivity contribution is 0.0155. The molecule has 0 radical (unpaired) electrons. The molecule has 0 spiro atoms. The van der Waals surface area contributed by atoms with Crippen LogP contribution in [0.25, 0.3) is 0 Å². The first-order valence-electron chi connectivity index (χ1n) is 11.9. The zero-order valence-corrected chi connectivity index (χ0v) is 23.5. The SMILES string of the molecule is CCCOCOc1cc(Oc2ccc(S(C)(=O)=O)cc2)cc(C(=O)Nc2ccn(C[P@](C)(=O)OCC)n2)c1. The molecule has 206 valence electrons. The smallest absolute Gasteiger partial charge is 0.257 e. The van der Waals surface area contributed by atoms with Crippen molar-refractivity contribution in [1.29, 1.82) is 0 Å². The van der Waals surface area contributed by atoms with Gasteiger partial charge in [0.15, 0.2) is 22.4 Å². The number of hydrogen-bond acceptors (Lipinski definition) is 9. The van der Waals surface area contributed by atoms with Crippen molar-refractivity contribution in [2.24, 2.45) is 0 Å². The van der Waals surface area contributed by atoms with Crippen LogP contribution in [-0.4, -0.2) is 57.0 Å². The van der Waals surface area contributed by atoms with E-state index < -0.39 is 23.1 Å². The Morgan fingerprint density at radius 1 is 1.05 bits per heavy atom. The second-order valence-electron chi connectivity index (χ2n) is 8.48. The molecule has 0 aliphatic heterocycles. The topological polar surface area (TPSA) is 135 Å². The molecule has 38 heavy (non-hydrogen) atoms. The van der Waals surface area contributed by atoms with Crippen molar-refractivity contribution in [3.8, 4) is 17.2 Å². The minimum atomic E-state index is -3.35. The molecule has 2 aromatic carbocycles. The third-order valence-corrected chi connectivity index (χ3v) is 7.71. The summed E-state index contributed by atoms with van der Waals surface area (Å²) in [5.41, 5.74) is 0.228. The summed E-state index contributed by atoms with van der Waals surface area (Å²) < 4.78 is 59.5. The molecule has 0 fully saturated rings. The van der Waals surface area contributed by atoms with E-state index in [9.17, 15) is 17.8 Å². The molecule has 1 N–H and O–H groups in total. The molecular formula is C25H32N3O8PS. The Balaban J connectivity index is 1.79. The third kappa shape index (κ3) is 8.98. The molecular weight excluding hydrogens is 533 g/mol. The fourth-order valence-corrected chi connectivity index (χ4v) is 5.26. The molecule has 0 aliphatic carbocycles. The lowest BCUT2D eigenvalue weighted by Crippen LogP contribution is -2.13. The predicted octanol–water partition coefficient (Wildman–Crippen LogP) is 5.00. The van der Waals surface area contributed by atoms with Gasteiger partial charge in [-0.3, -0.25) is 14.0 Å². The molecule has 3 rings (SSSR count).